The number of carbonyl (C=O) groups is 3. The minimum absolute atomic E-state index is 0.00956. The van der Waals surface area contributed by atoms with Gasteiger partial charge in [0.25, 0.3) is 5.91 Å². The van der Waals surface area contributed by atoms with Crippen LogP contribution in [0, 0.1) is 16.7 Å². The van der Waals surface area contributed by atoms with Crippen LogP contribution in [0.3, 0.4) is 0 Å². The van der Waals surface area contributed by atoms with E-state index in [1.807, 2.05) is 10.2 Å². The lowest BCUT2D eigenvalue weighted by molar-refractivity contribution is -0.174. The van der Waals surface area contributed by atoms with Gasteiger partial charge in [0.15, 0.2) is 0 Å². The molecule has 3 aliphatic rings. The highest BCUT2D eigenvalue weighted by Gasteiger charge is 2.68. The molecule has 3 amide bonds. The highest BCUT2D eigenvalue weighted by atomic mass is 32.1. The third-order valence-electron chi connectivity index (χ3n) is 8.23. The van der Waals surface area contributed by atoms with Crippen LogP contribution in [0.25, 0.3) is 0 Å². The van der Waals surface area contributed by atoms with Crippen molar-refractivity contribution in [2.75, 3.05) is 26.2 Å². The zero-order valence-corrected chi connectivity index (χ0v) is 20.7. The third-order valence-corrected chi connectivity index (χ3v) is 9.24. The topological polar surface area (TPSA) is 82.6 Å². The summed E-state index contributed by atoms with van der Waals surface area (Å²) in [4.78, 5) is 44.8. The van der Waals surface area contributed by atoms with Gasteiger partial charge in [-0.3, -0.25) is 14.4 Å². The summed E-state index contributed by atoms with van der Waals surface area (Å²) in [5, 5.41) is 4.48. The van der Waals surface area contributed by atoms with Crippen LogP contribution < -0.4 is 5.32 Å². The molecule has 1 N–H and O–H groups in total. The summed E-state index contributed by atoms with van der Waals surface area (Å²) in [5.74, 6) is -1.87. The van der Waals surface area contributed by atoms with Crippen molar-refractivity contribution in [1.82, 2.24) is 20.1 Å². The lowest BCUT2D eigenvalue weighted by Crippen LogP contribution is -2.44. The van der Waals surface area contributed by atoms with Gasteiger partial charge in [0.2, 0.25) is 5.91 Å². The van der Waals surface area contributed by atoms with Crippen molar-refractivity contribution in [2.24, 2.45) is 16.7 Å². The molecule has 7 nitrogen and oxygen atoms in total. The van der Waals surface area contributed by atoms with Gasteiger partial charge in [-0.05, 0) is 30.1 Å². The second-order valence-corrected chi connectivity index (χ2v) is 11.6. The van der Waals surface area contributed by atoms with Gasteiger partial charge in [-0.2, -0.15) is 13.2 Å². The number of halogens is 3. The van der Waals surface area contributed by atoms with Crippen molar-refractivity contribution in [3.8, 4) is 0 Å². The molecule has 11 heteroatoms. The number of aromatic nitrogens is 1. The summed E-state index contributed by atoms with van der Waals surface area (Å²) in [6.45, 7) is 10.2. The Morgan fingerprint density at radius 3 is 2.18 bits per heavy atom. The Bertz CT molecular complexity index is 968. The van der Waals surface area contributed by atoms with Crippen LogP contribution in [0.1, 0.15) is 68.4 Å². The van der Waals surface area contributed by atoms with Crippen LogP contribution in [-0.4, -0.2) is 70.9 Å². The van der Waals surface area contributed by atoms with E-state index in [4.69, 9.17) is 0 Å². The largest absolute Gasteiger partial charge is 0.471 e. The maximum absolute atomic E-state index is 13.0. The van der Waals surface area contributed by atoms with E-state index in [0.717, 1.165) is 17.8 Å². The quantitative estimate of drug-likeness (QED) is 0.687. The van der Waals surface area contributed by atoms with Crippen molar-refractivity contribution in [1.29, 1.82) is 0 Å². The Balaban J connectivity index is 1.29. The number of alkyl halides is 3. The minimum Gasteiger partial charge on any atom is -0.344 e. The molecule has 3 fully saturated rings. The van der Waals surface area contributed by atoms with Gasteiger partial charge in [-0.15, -0.1) is 11.3 Å². The number of thiazole rings is 1. The third kappa shape index (κ3) is 4.43. The number of likely N-dealkylation sites (tertiary alicyclic amines) is 2. The van der Waals surface area contributed by atoms with Gasteiger partial charge in [0.1, 0.15) is 5.69 Å². The Morgan fingerprint density at radius 2 is 1.62 bits per heavy atom. The highest BCUT2D eigenvalue weighted by molar-refractivity contribution is 7.09. The van der Waals surface area contributed by atoms with Gasteiger partial charge in [-0.25, -0.2) is 4.98 Å². The molecular formula is C23H31F3N4O3S. The smallest absolute Gasteiger partial charge is 0.344 e. The van der Waals surface area contributed by atoms with Crippen LogP contribution in [0.15, 0.2) is 5.38 Å². The number of rotatable bonds is 4. The molecule has 0 bridgehead atoms. The molecule has 0 radical (unpaired) electrons. The molecule has 188 valence electrons. The van der Waals surface area contributed by atoms with Crippen LogP contribution in [0.5, 0.6) is 0 Å². The molecule has 1 atom stereocenters. The summed E-state index contributed by atoms with van der Waals surface area (Å²) in [6.07, 6.45) is -3.09. The molecule has 0 aromatic carbocycles. The number of piperidine rings is 1. The van der Waals surface area contributed by atoms with Crippen molar-refractivity contribution in [3.05, 3.63) is 16.1 Å². The number of hydrogen-bond donors (Lipinski definition) is 1. The summed E-state index contributed by atoms with van der Waals surface area (Å²) in [6, 6.07) is -0.723. The molecule has 0 spiro atoms. The van der Waals surface area contributed by atoms with E-state index in [9.17, 15) is 27.6 Å². The average Bonchev–Trinajstić information content (AvgIpc) is 3.26. The first-order valence-electron chi connectivity index (χ1n) is 11.6. The van der Waals surface area contributed by atoms with E-state index in [1.54, 1.807) is 5.38 Å². The molecule has 2 aliphatic heterocycles. The first-order chi connectivity index (χ1) is 15.7. The number of nitrogens with one attached hydrogen (secondary N) is 1. The van der Waals surface area contributed by atoms with Gasteiger partial charge in [0.05, 0.1) is 5.01 Å². The van der Waals surface area contributed by atoms with Crippen molar-refractivity contribution in [3.63, 3.8) is 0 Å². The first-order valence-corrected chi connectivity index (χ1v) is 12.5. The first kappa shape index (κ1) is 24.9. The second-order valence-electron chi connectivity index (χ2n) is 10.8. The monoisotopic (exact) mass is 500 g/mol. The molecule has 1 saturated carbocycles. The molecule has 1 aromatic heterocycles. The second kappa shape index (κ2) is 8.49. The molecular weight excluding hydrogens is 469 g/mol. The number of amides is 3. The Kier molecular flexibility index (Phi) is 6.23. The van der Waals surface area contributed by atoms with Crippen molar-refractivity contribution < 1.29 is 27.6 Å². The lowest BCUT2D eigenvalue weighted by Gasteiger charge is -2.32. The molecule has 1 aromatic rings. The number of nitrogens with zero attached hydrogens (tertiary/aromatic N) is 3. The lowest BCUT2D eigenvalue weighted by atomic mass is 9.96. The number of hydrogen-bond acceptors (Lipinski definition) is 5. The van der Waals surface area contributed by atoms with E-state index in [0.29, 0.717) is 13.1 Å². The van der Waals surface area contributed by atoms with Gasteiger partial charge >= 0.3 is 12.1 Å². The maximum atomic E-state index is 13.0. The van der Waals surface area contributed by atoms with E-state index in [1.165, 1.54) is 16.2 Å². The molecule has 1 unspecified atom stereocenters. The fourth-order valence-corrected chi connectivity index (χ4v) is 6.37. The summed E-state index contributed by atoms with van der Waals surface area (Å²) in [7, 11) is 0. The maximum Gasteiger partial charge on any atom is 0.471 e. The molecule has 1 aliphatic carbocycles. The molecule has 3 heterocycles. The minimum atomic E-state index is -4.94. The fraction of sp³-hybridized carbons (Fsp3) is 0.739. The van der Waals surface area contributed by atoms with E-state index in [-0.39, 0.29) is 59.7 Å². The van der Waals surface area contributed by atoms with Gasteiger partial charge in [0, 0.05) is 49.4 Å². The van der Waals surface area contributed by atoms with E-state index >= 15 is 0 Å². The Hall–Kier alpha value is -2.17. The predicted octanol–water partition coefficient (Wildman–Crippen LogP) is 3.42. The summed E-state index contributed by atoms with van der Waals surface area (Å²) < 4.78 is 37.4. The normalized spacial score (nSPS) is 24.9. The van der Waals surface area contributed by atoms with Gasteiger partial charge < -0.3 is 15.1 Å². The molecule has 34 heavy (non-hydrogen) atoms. The number of carbonyl (C=O) groups excluding carboxylic acids is 3. The standard InChI is InChI=1S/C23H31F3N4O3S/c1-21(2)16(22(21,3)4)19(32)29-8-5-13(6-9-29)17-28-15(12-34-17)18(31)30-10-7-14(11-30)27-20(33)23(24,25)26/h12-14,16H,5-11H2,1-4H3,(H,27,33). The zero-order chi connectivity index (χ0) is 25.1. The van der Waals surface area contributed by atoms with Crippen LogP contribution in [0.2, 0.25) is 0 Å². The van der Waals surface area contributed by atoms with E-state index in [2.05, 4.69) is 32.7 Å². The predicted molar refractivity (Wildman–Crippen MR) is 120 cm³/mol. The Morgan fingerprint density at radius 1 is 1.03 bits per heavy atom. The zero-order valence-electron chi connectivity index (χ0n) is 19.9. The SMILES string of the molecule is CC1(C)C(C(=O)N2CCC(c3nc(C(=O)N4CCC(NC(=O)C(F)(F)F)C4)cs3)CC2)C1(C)C. The highest BCUT2D eigenvalue weighted by Crippen LogP contribution is 2.68. The van der Waals surface area contributed by atoms with Gasteiger partial charge in [-0.1, -0.05) is 27.7 Å². The Labute approximate surface area is 201 Å². The van der Waals surface area contributed by atoms with Crippen LogP contribution in [-0.2, 0) is 9.59 Å². The summed E-state index contributed by atoms with van der Waals surface area (Å²) >= 11 is 1.41. The van der Waals surface area contributed by atoms with Crippen LogP contribution in [0.4, 0.5) is 13.2 Å². The fourth-order valence-electron chi connectivity index (χ4n) is 5.41. The van der Waals surface area contributed by atoms with Crippen molar-refractivity contribution >= 4 is 29.1 Å². The summed E-state index contributed by atoms with van der Waals surface area (Å²) in [5.41, 5.74) is 0.299. The van der Waals surface area contributed by atoms with Crippen molar-refractivity contribution in [2.45, 2.75) is 65.1 Å². The molecule has 4 rings (SSSR count). The average molecular weight is 501 g/mol. The van der Waals surface area contributed by atoms with E-state index < -0.39 is 18.1 Å². The van der Waals surface area contributed by atoms with Crippen LogP contribution >= 0.6 is 11.3 Å². The molecule has 2 saturated heterocycles.